The zero-order valence-electron chi connectivity index (χ0n) is 14.6. The van der Waals surface area contributed by atoms with Crippen LogP contribution < -0.4 is 5.32 Å². The lowest BCUT2D eigenvalue weighted by molar-refractivity contribution is -0.0306. The molecule has 0 aromatic heterocycles. The molecule has 0 saturated heterocycles. The summed E-state index contributed by atoms with van der Waals surface area (Å²) < 4.78 is 5.88. The molecule has 3 atom stereocenters. The molecule has 0 spiro atoms. The van der Waals surface area contributed by atoms with Gasteiger partial charge in [0, 0.05) is 6.54 Å². The fourth-order valence-corrected chi connectivity index (χ4v) is 4.07. The summed E-state index contributed by atoms with van der Waals surface area (Å²) in [5.41, 5.74) is 0.833. The second kappa shape index (κ2) is 6.55. The molecule has 21 heavy (non-hydrogen) atoms. The lowest BCUT2D eigenvalue weighted by Crippen LogP contribution is -2.34. The van der Waals surface area contributed by atoms with Crippen molar-refractivity contribution in [3.63, 3.8) is 0 Å². The molecule has 0 aromatic rings. The number of rotatable bonds is 7. The van der Waals surface area contributed by atoms with Crippen LogP contribution in [0.1, 0.15) is 60.3 Å². The van der Waals surface area contributed by atoms with E-state index in [9.17, 15) is 5.11 Å². The quantitative estimate of drug-likeness (QED) is 0.758. The van der Waals surface area contributed by atoms with Crippen molar-refractivity contribution in [2.24, 2.45) is 22.7 Å². The van der Waals surface area contributed by atoms with Gasteiger partial charge in [-0.3, -0.25) is 0 Å². The highest BCUT2D eigenvalue weighted by atomic mass is 16.5. The average Bonchev–Trinajstić information content (AvgIpc) is 2.79. The number of hydrogen-bond donors (Lipinski definition) is 2. The van der Waals surface area contributed by atoms with E-state index in [0.29, 0.717) is 36.0 Å². The summed E-state index contributed by atoms with van der Waals surface area (Å²) in [6, 6.07) is 0. The van der Waals surface area contributed by atoms with Crippen LogP contribution in [0.4, 0.5) is 0 Å². The first-order valence-corrected chi connectivity index (χ1v) is 8.75. The van der Waals surface area contributed by atoms with Gasteiger partial charge in [-0.2, -0.15) is 0 Å². The third-order valence-corrected chi connectivity index (χ3v) is 6.46. The Labute approximate surface area is 130 Å². The number of aliphatic hydroxyl groups excluding tert-OH is 1. The molecule has 2 saturated carbocycles. The molecule has 0 aliphatic heterocycles. The van der Waals surface area contributed by atoms with Gasteiger partial charge in [0.25, 0.3) is 0 Å². The maximum Gasteiger partial charge on any atom is 0.0897 e. The number of ether oxygens (including phenoxy) is 1. The highest BCUT2D eigenvalue weighted by Gasteiger charge is 2.63. The minimum absolute atomic E-state index is 0.365. The molecule has 0 radical (unpaired) electrons. The Morgan fingerprint density at radius 2 is 1.86 bits per heavy atom. The fourth-order valence-electron chi connectivity index (χ4n) is 4.07. The van der Waals surface area contributed by atoms with Gasteiger partial charge in [-0.25, -0.2) is 0 Å². The Morgan fingerprint density at radius 1 is 1.19 bits per heavy atom. The summed E-state index contributed by atoms with van der Waals surface area (Å²) in [6.07, 6.45) is 4.90. The summed E-state index contributed by atoms with van der Waals surface area (Å²) in [5, 5.41) is 13.5. The van der Waals surface area contributed by atoms with E-state index < -0.39 is 0 Å². The zero-order valence-corrected chi connectivity index (χ0v) is 14.6. The van der Waals surface area contributed by atoms with E-state index in [1.165, 1.54) is 12.8 Å². The molecule has 3 nitrogen and oxygen atoms in total. The van der Waals surface area contributed by atoms with Crippen LogP contribution in [-0.2, 0) is 4.74 Å². The molecule has 3 unspecified atom stereocenters. The predicted molar refractivity (Wildman–Crippen MR) is 87.3 cm³/mol. The van der Waals surface area contributed by atoms with Gasteiger partial charge < -0.3 is 15.2 Å². The van der Waals surface area contributed by atoms with Gasteiger partial charge in [0.05, 0.1) is 18.8 Å². The smallest absolute Gasteiger partial charge is 0.0897 e. The molecule has 0 bridgehead atoms. The van der Waals surface area contributed by atoms with Crippen LogP contribution in [0.5, 0.6) is 0 Å². The molecule has 0 amide bonds. The lowest BCUT2D eigenvalue weighted by atomic mass is 9.89. The van der Waals surface area contributed by atoms with Gasteiger partial charge in [-0.15, -0.1) is 0 Å². The van der Waals surface area contributed by atoms with E-state index in [0.717, 1.165) is 25.3 Å². The van der Waals surface area contributed by atoms with Crippen LogP contribution >= 0.6 is 0 Å². The van der Waals surface area contributed by atoms with Gasteiger partial charge in [-0.1, -0.05) is 47.5 Å². The van der Waals surface area contributed by atoms with Gasteiger partial charge in [0.1, 0.15) is 0 Å². The molecule has 2 fully saturated rings. The normalized spacial score (nSPS) is 32.9. The molecule has 2 aliphatic rings. The van der Waals surface area contributed by atoms with E-state index in [-0.39, 0.29) is 6.10 Å². The number of aliphatic hydroxyl groups is 1. The van der Waals surface area contributed by atoms with Gasteiger partial charge in [0.2, 0.25) is 0 Å². The van der Waals surface area contributed by atoms with Gasteiger partial charge >= 0.3 is 0 Å². The molecule has 2 N–H and O–H groups in total. The molecular weight excluding hydrogens is 262 g/mol. The van der Waals surface area contributed by atoms with Crippen molar-refractivity contribution in [3.05, 3.63) is 0 Å². The summed E-state index contributed by atoms with van der Waals surface area (Å²) in [5.74, 6) is 1.48. The predicted octanol–water partition coefficient (Wildman–Crippen LogP) is 3.21. The fraction of sp³-hybridized carbons (Fsp3) is 1.00. The highest BCUT2D eigenvalue weighted by Crippen LogP contribution is 2.67. The Kier molecular flexibility index (Phi) is 5.38. The number of hydrogen-bond acceptors (Lipinski definition) is 3. The van der Waals surface area contributed by atoms with Crippen LogP contribution in [-0.4, -0.2) is 37.0 Å². The monoisotopic (exact) mass is 297 g/mol. The molecule has 3 heteroatoms. The topological polar surface area (TPSA) is 41.5 Å². The zero-order chi connectivity index (χ0) is 15.7. The van der Waals surface area contributed by atoms with Gasteiger partial charge in [0.15, 0.2) is 0 Å². The van der Waals surface area contributed by atoms with Crippen LogP contribution in [0.3, 0.4) is 0 Å². The first kappa shape index (κ1) is 17.2. The first-order chi connectivity index (χ1) is 9.75. The van der Waals surface area contributed by atoms with Gasteiger partial charge in [-0.05, 0) is 42.1 Å². The van der Waals surface area contributed by atoms with Crippen molar-refractivity contribution in [1.29, 1.82) is 0 Å². The highest BCUT2D eigenvalue weighted by molar-refractivity contribution is 5.12. The molecule has 2 rings (SSSR count). The molecule has 124 valence electrons. The summed E-state index contributed by atoms with van der Waals surface area (Å²) >= 11 is 0. The third kappa shape index (κ3) is 4.00. The molecule has 2 aliphatic carbocycles. The van der Waals surface area contributed by atoms with Crippen molar-refractivity contribution in [2.75, 3.05) is 19.7 Å². The van der Waals surface area contributed by atoms with Crippen LogP contribution in [0, 0.1) is 22.7 Å². The van der Waals surface area contributed by atoms with Crippen molar-refractivity contribution in [2.45, 2.75) is 72.5 Å². The Morgan fingerprint density at radius 3 is 2.43 bits per heavy atom. The van der Waals surface area contributed by atoms with E-state index in [2.05, 4.69) is 39.9 Å². The van der Waals surface area contributed by atoms with Crippen LogP contribution in [0.2, 0.25) is 0 Å². The van der Waals surface area contributed by atoms with Crippen LogP contribution in [0.15, 0.2) is 0 Å². The molecular formula is C18H35NO2. The van der Waals surface area contributed by atoms with E-state index >= 15 is 0 Å². The minimum Gasteiger partial charge on any atom is -0.389 e. The minimum atomic E-state index is -0.382. The van der Waals surface area contributed by atoms with Crippen molar-refractivity contribution in [3.8, 4) is 0 Å². The second-order valence-corrected chi connectivity index (χ2v) is 8.54. The van der Waals surface area contributed by atoms with Crippen LogP contribution in [0.25, 0.3) is 0 Å². The first-order valence-electron chi connectivity index (χ1n) is 8.75. The standard InChI is InChI=1S/C18H35NO2/c1-13-7-6-8-15(9-13)21-12-14(20)10-19-11-16-17(2,3)18(16,4)5/h13-16,19-20H,6-12H2,1-5H3. The SMILES string of the molecule is CC1CCCC(OCC(O)CNCC2C(C)(C)C2(C)C)C1. The summed E-state index contributed by atoms with van der Waals surface area (Å²) in [6.45, 7) is 13.8. The van der Waals surface area contributed by atoms with Crippen molar-refractivity contribution >= 4 is 0 Å². The van der Waals surface area contributed by atoms with E-state index in [4.69, 9.17) is 4.74 Å². The molecule has 0 heterocycles. The summed E-state index contributed by atoms with van der Waals surface area (Å²) in [4.78, 5) is 0. The maximum atomic E-state index is 10.1. The maximum absolute atomic E-state index is 10.1. The van der Waals surface area contributed by atoms with E-state index in [1.807, 2.05) is 0 Å². The Hall–Kier alpha value is -0.120. The second-order valence-electron chi connectivity index (χ2n) is 8.54. The largest absolute Gasteiger partial charge is 0.389 e. The van der Waals surface area contributed by atoms with Crippen molar-refractivity contribution in [1.82, 2.24) is 5.32 Å². The third-order valence-electron chi connectivity index (χ3n) is 6.46. The van der Waals surface area contributed by atoms with E-state index in [1.54, 1.807) is 0 Å². The van der Waals surface area contributed by atoms with Crippen molar-refractivity contribution < 1.29 is 9.84 Å². The Balaban J connectivity index is 1.57. The number of nitrogens with one attached hydrogen (secondary N) is 1. The average molecular weight is 297 g/mol. The molecule has 0 aromatic carbocycles. The Bertz CT molecular complexity index is 326. The lowest BCUT2D eigenvalue weighted by Gasteiger charge is -2.27. The summed E-state index contributed by atoms with van der Waals surface area (Å²) in [7, 11) is 0.